The molecule has 9 heteroatoms. The molecule has 6 N–H and O–H groups in total. The molecule has 0 bridgehead atoms. The summed E-state index contributed by atoms with van der Waals surface area (Å²) in [6, 6.07) is -0.830. The van der Waals surface area contributed by atoms with Crippen LogP contribution in [-0.2, 0) is 9.59 Å². The SMILES string of the molecule is C[C@H](NC(=O)NC(C(N)=O)C(N)=O)c1cc(F)ccc1F. The first-order valence-electron chi connectivity index (χ1n) is 5.83. The van der Waals surface area contributed by atoms with E-state index in [-0.39, 0.29) is 5.56 Å². The van der Waals surface area contributed by atoms with Crippen molar-refractivity contribution in [1.82, 2.24) is 10.6 Å². The first-order valence-corrected chi connectivity index (χ1v) is 5.83. The molecule has 0 aliphatic carbocycles. The summed E-state index contributed by atoms with van der Waals surface area (Å²) in [7, 11) is 0. The van der Waals surface area contributed by atoms with E-state index in [0.29, 0.717) is 0 Å². The maximum atomic E-state index is 13.5. The smallest absolute Gasteiger partial charge is 0.316 e. The molecule has 0 saturated carbocycles. The number of primary amides is 2. The number of benzene rings is 1. The molecule has 0 fully saturated rings. The van der Waals surface area contributed by atoms with Gasteiger partial charge >= 0.3 is 6.03 Å². The van der Waals surface area contributed by atoms with Gasteiger partial charge in [-0.3, -0.25) is 9.59 Å². The molecule has 1 aromatic rings. The van der Waals surface area contributed by atoms with Gasteiger partial charge in [0.15, 0.2) is 6.04 Å². The number of carbonyl (C=O) groups is 3. The summed E-state index contributed by atoms with van der Waals surface area (Å²) in [6.45, 7) is 1.39. The van der Waals surface area contributed by atoms with Crippen molar-refractivity contribution in [3.8, 4) is 0 Å². The summed E-state index contributed by atoms with van der Waals surface area (Å²) in [5, 5.41) is 4.17. The lowest BCUT2D eigenvalue weighted by atomic mass is 10.1. The van der Waals surface area contributed by atoms with E-state index in [1.54, 1.807) is 0 Å². The predicted octanol–water partition coefficient (Wildman–Crippen LogP) is -0.336. The van der Waals surface area contributed by atoms with Gasteiger partial charge in [-0.2, -0.15) is 0 Å². The summed E-state index contributed by atoms with van der Waals surface area (Å²) in [4.78, 5) is 33.4. The molecular weight excluding hydrogens is 286 g/mol. The molecule has 0 aromatic heterocycles. The van der Waals surface area contributed by atoms with Crippen LogP contribution >= 0.6 is 0 Å². The van der Waals surface area contributed by atoms with Crippen molar-refractivity contribution < 1.29 is 23.2 Å². The molecule has 0 aliphatic heterocycles. The number of nitrogens with two attached hydrogens (primary N) is 2. The van der Waals surface area contributed by atoms with E-state index in [2.05, 4.69) is 5.32 Å². The Kier molecular flexibility index (Phi) is 5.17. The topological polar surface area (TPSA) is 127 Å². The Hall–Kier alpha value is -2.71. The molecule has 1 atom stereocenters. The number of rotatable bonds is 5. The third-order valence-corrected chi connectivity index (χ3v) is 2.62. The fraction of sp³-hybridized carbons (Fsp3) is 0.250. The number of carbonyl (C=O) groups excluding carboxylic acids is 3. The van der Waals surface area contributed by atoms with Gasteiger partial charge in [-0.15, -0.1) is 0 Å². The minimum Gasteiger partial charge on any atom is -0.367 e. The van der Waals surface area contributed by atoms with E-state index in [9.17, 15) is 23.2 Å². The van der Waals surface area contributed by atoms with Crippen molar-refractivity contribution in [2.24, 2.45) is 11.5 Å². The first-order chi connectivity index (χ1) is 9.72. The molecule has 0 saturated heterocycles. The van der Waals surface area contributed by atoms with Crippen molar-refractivity contribution >= 4 is 17.8 Å². The Morgan fingerprint density at radius 1 is 1.10 bits per heavy atom. The van der Waals surface area contributed by atoms with Gasteiger partial charge in [0.25, 0.3) is 0 Å². The Morgan fingerprint density at radius 2 is 1.67 bits per heavy atom. The maximum absolute atomic E-state index is 13.5. The van der Waals surface area contributed by atoms with Crippen LogP contribution in [0.3, 0.4) is 0 Å². The van der Waals surface area contributed by atoms with Crippen LogP contribution in [0.2, 0.25) is 0 Å². The zero-order valence-electron chi connectivity index (χ0n) is 11.0. The molecular formula is C12H14F2N4O3. The molecule has 0 radical (unpaired) electrons. The van der Waals surface area contributed by atoms with Crippen LogP contribution in [0.5, 0.6) is 0 Å². The molecule has 1 aromatic carbocycles. The Bertz CT molecular complexity index is 566. The highest BCUT2D eigenvalue weighted by atomic mass is 19.1. The van der Waals surface area contributed by atoms with Crippen LogP contribution in [0, 0.1) is 11.6 Å². The summed E-state index contributed by atoms with van der Waals surface area (Å²) in [5.41, 5.74) is 9.66. The molecule has 4 amide bonds. The number of amides is 4. The van der Waals surface area contributed by atoms with Crippen molar-refractivity contribution in [1.29, 1.82) is 0 Å². The van der Waals surface area contributed by atoms with Crippen molar-refractivity contribution in [2.45, 2.75) is 19.0 Å². The zero-order valence-corrected chi connectivity index (χ0v) is 11.0. The quantitative estimate of drug-likeness (QED) is 0.556. The zero-order chi connectivity index (χ0) is 16.2. The third kappa shape index (κ3) is 4.41. The van der Waals surface area contributed by atoms with Crippen LogP contribution in [0.4, 0.5) is 13.6 Å². The Morgan fingerprint density at radius 3 is 2.19 bits per heavy atom. The van der Waals surface area contributed by atoms with Gasteiger partial charge < -0.3 is 22.1 Å². The minimum atomic E-state index is -1.70. The summed E-state index contributed by atoms with van der Waals surface area (Å²) in [5.74, 6) is -3.66. The summed E-state index contributed by atoms with van der Waals surface area (Å²) in [6.07, 6.45) is 0. The molecule has 21 heavy (non-hydrogen) atoms. The van der Waals surface area contributed by atoms with E-state index in [1.165, 1.54) is 6.92 Å². The van der Waals surface area contributed by atoms with Crippen molar-refractivity contribution in [3.63, 3.8) is 0 Å². The molecule has 0 spiro atoms. The van der Waals surface area contributed by atoms with E-state index >= 15 is 0 Å². The average molecular weight is 300 g/mol. The molecule has 114 valence electrons. The average Bonchev–Trinajstić information content (AvgIpc) is 2.37. The van der Waals surface area contributed by atoms with Crippen LogP contribution in [0.1, 0.15) is 18.5 Å². The molecule has 0 unspecified atom stereocenters. The second-order valence-corrected chi connectivity index (χ2v) is 4.24. The maximum Gasteiger partial charge on any atom is 0.316 e. The third-order valence-electron chi connectivity index (χ3n) is 2.62. The summed E-state index contributed by atoms with van der Waals surface area (Å²) >= 11 is 0. The highest BCUT2D eigenvalue weighted by molar-refractivity contribution is 6.05. The largest absolute Gasteiger partial charge is 0.367 e. The van der Waals surface area contributed by atoms with Gasteiger partial charge in [-0.05, 0) is 25.1 Å². The number of hydrogen-bond acceptors (Lipinski definition) is 3. The Labute approximate surface area is 118 Å². The van der Waals surface area contributed by atoms with E-state index in [0.717, 1.165) is 18.2 Å². The fourth-order valence-corrected chi connectivity index (χ4v) is 1.58. The van der Waals surface area contributed by atoms with E-state index in [4.69, 9.17) is 11.5 Å². The molecule has 1 rings (SSSR count). The lowest BCUT2D eigenvalue weighted by molar-refractivity contribution is -0.128. The van der Waals surface area contributed by atoms with Crippen LogP contribution in [-0.4, -0.2) is 23.9 Å². The lowest BCUT2D eigenvalue weighted by Crippen LogP contribution is -2.55. The number of nitrogens with one attached hydrogen (secondary N) is 2. The van der Waals surface area contributed by atoms with Crippen molar-refractivity contribution in [2.75, 3.05) is 0 Å². The first kappa shape index (κ1) is 16.3. The standard InChI is InChI=1S/C12H14F2N4O3/c1-5(7-4-6(13)2-3-8(7)14)17-12(21)18-9(10(15)19)11(16)20/h2-5,9H,1H3,(H2,15,19)(H2,16,20)(H2,17,18,21)/t5-/m0/s1. The van der Waals surface area contributed by atoms with E-state index < -0.39 is 41.6 Å². The summed E-state index contributed by atoms with van der Waals surface area (Å²) < 4.78 is 26.6. The number of urea groups is 1. The van der Waals surface area contributed by atoms with Gasteiger partial charge in [-0.25, -0.2) is 13.6 Å². The van der Waals surface area contributed by atoms with Crippen LogP contribution < -0.4 is 22.1 Å². The monoisotopic (exact) mass is 300 g/mol. The minimum absolute atomic E-state index is 0.0974. The fourth-order valence-electron chi connectivity index (χ4n) is 1.58. The molecule has 0 aliphatic rings. The second-order valence-electron chi connectivity index (χ2n) is 4.24. The lowest BCUT2D eigenvalue weighted by Gasteiger charge is -2.18. The normalized spacial score (nSPS) is 11.8. The molecule has 7 nitrogen and oxygen atoms in total. The van der Waals surface area contributed by atoms with Gasteiger partial charge in [0.05, 0.1) is 6.04 Å². The number of hydrogen-bond donors (Lipinski definition) is 4. The van der Waals surface area contributed by atoms with Crippen LogP contribution in [0.25, 0.3) is 0 Å². The molecule has 0 heterocycles. The van der Waals surface area contributed by atoms with Gasteiger partial charge in [-0.1, -0.05) is 0 Å². The highest BCUT2D eigenvalue weighted by Crippen LogP contribution is 2.17. The highest BCUT2D eigenvalue weighted by Gasteiger charge is 2.24. The second kappa shape index (κ2) is 6.64. The number of halogens is 2. The predicted molar refractivity (Wildman–Crippen MR) is 68.6 cm³/mol. The Balaban J connectivity index is 2.76. The van der Waals surface area contributed by atoms with E-state index in [1.807, 2.05) is 5.32 Å². The van der Waals surface area contributed by atoms with Gasteiger partial charge in [0.2, 0.25) is 11.8 Å². The van der Waals surface area contributed by atoms with Crippen molar-refractivity contribution in [3.05, 3.63) is 35.4 Å². The van der Waals surface area contributed by atoms with Crippen LogP contribution in [0.15, 0.2) is 18.2 Å². The van der Waals surface area contributed by atoms with Gasteiger partial charge in [0, 0.05) is 5.56 Å². The van der Waals surface area contributed by atoms with Gasteiger partial charge in [0.1, 0.15) is 11.6 Å².